The van der Waals surface area contributed by atoms with E-state index in [-0.39, 0.29) is 0 Å². The summed E-state index contributed by atoms with van der Waals surface area (Å²) in [5.41, 5.74) is 9.40. The molecule has 26 heavy (non-hydrogen) atoms. The zero-order valence-corrected chi connectivity index (χ0v) is 14.1. The van der Waals surface area contributed by atoms with Crippen molar-refractivity contribution >= 4 is 16.8 Å². The molecule has 0 saturated carbocycles. The molecule has 8 nitrogen and oxygen atoms in total. The number of fused-ring (bicyclic) bond motifs is 1. The lowest BCUT2D eigenvalue weighted by Gasteiger charge is -2.22. The van der Waals surface area contributed by atoms with Crippen LogP contribution in [-0.4, -0.2) is 38.1 Å². The highest BCUT2D eigenvalue weighted by Gasteiger charge is 2.19. The van der Waals surface area contributed by atoms with Crippen molar-refractivity contribution in [3.05, 3.63) is 36.9 Å². The van der Waals surface area contributed by atoms with Gasteiger partial charge in [0.15, 0.2) is 17.2 Å². The van der Waals surface area contributed by atoms with E-state index >= 15 is 0 Å². The van der Waals surface area contributed by atoms with Gasteiger partial charge >= 0.3 is 0 Å². The van der Waals surface area contributed by atoms with E-state index in [1.54, 1.807) is 12.4 Å². The summed E-state index contributed by atoms with van der Waals surface area (Å²) < 4.78 is 8.00. The molecule has 4 aromatic rings. The first-order valence-electron chi connectivity index (χ1n) is 8.72. The Morgan fingerprint density at radius 1 is 1.23 bits per heavy atom. The van der Waals surface area contributed by atoms with Crippen LogP contribution in [0.1, 0.15) is 18.9 Å². The van der Waals surface area contributed by atoms with Crippen LogP contribution < -0.4 is 11.1 Å². The average Bonchev–Trinajstić information content (AvgIpc) is 3.42. The molecule has 0 aromatic carbocycles. The summed E-state index contributed by atoms with van der Waals surface area (Å²) in [5, 5.41) is 15.8. The third kappa shape index (κ3) is 2.46. The third-order valence-electron chi connectivity index (χ3n) is 4.95. The van der Waals surface area contributed by atoms with Gasteiger partial charge in [0.25, 0.3) is 0 Å². The maximum atomic E-state index is 6.03. The number of anilines is 1. The number of aromatic amines is 1. The molecule has 132 valence electrons. The Morgan fingerprint density at radius 3 is 2.92 bits per heavy atom. The SMILES string of the molecule is Nc1ncc(-c2cnn(C3CCNCC3)c2)c2cc(-c3ccn[nH]3)oc12. The number of aromatic nitrogens is 5. The van der Waals surface area contributed by atoms with Gasteiger partial charge < -0.3 is 15.5 Å². The van der Waals surface area contributed by atoms with Crippen LogP contribution in [0.3, 0.4) is 0 Å². The standard InChI is InChI=1S/C18H19N7O/c19-18-17-13(7-16(26-17)15-3-6-22-24-15)14(9-21-18)11-8-23-25(10-11)12-1-4-20-5-2-12/h3,6-10,12,20H,1-2,4-5H2,(H2,19,21)(H,22,24). The van der Waals surface area contributed by atoms with E-state index in [0.717, 1.165) is 48.1 Å². The van der Waals surface area contributed by atoms with E-state index in [4.69, 9.17) is 10.2 Å². The Balaban J connectivity index is 1.58. The quantitative estimate of drug-likeness (QED) is 0.524. The van der Waals surface area contributed by atoms with Crippen molar-refractivity contribution < 1.29 is 4.42 Å². The molecule has 5 heterocycles. The Kier molecular flexibility index (Phi) is 3.49. The number of nitrogens with two attached hydrogens (primary N) is 1. The molecule has 1 fully saturated rings. The molecule has 4 aromatic heterocycles. The van der Waals surface area contributed by atoms with Crippen molar-refractivity contribution in [2.75, 3.05) is 18.8 Å². The molecule has 0 aliphatic carbocycles. The van der Waals surface area contributed by atoms with Crippen LogP contribution in [0.25, 0.3) is 33.6 Å². The number of pyridine rings is 1. The summed E-state index contributed by atoms with van der Waals surface area (Å²) in [7, 11) is 0. The fourth-order valence-electron chi connectivity index (χ4n) is 3.55. The number of hydrogen-bond acceptors (Lipinski definition) is 6. The van der Waals surface area contributed by atoms with Gasteiger partial charge in [-0.3, -0.25) is 9.78 Å². The van der Waals surface area contributed by atoms with Crippen LogP contribution in [0.5, 0.6) is 0 Å². The van der Waals surface area contributed by atoms with Crippen LogP contribution in [0, 0.1) is 0 Å². The van der Waals surface area contributed by atoms with Crippen LogP contribution in [0.2, 0.25) is 0 Å². The van der Waals surface area contributed by atoms with Gasteiger partial charge in [-0.05, 0) is 38.1 Å². The minimum atomic E-state index is 0.375. The number of rotatable bonds is 3. The van der Waals surface area contributed by atoms with Crippen molar-refractivity contribution in [3.63, 3.8) is 0 Å². The number of nitrogens with one attached hydrogen (secondary N) is 2. The van der Waals surface area contributed by atoms with Crippen LogP contribution >= 0.6 is 0 Å². The van der Waals surface area contributed by atoms with E-state index in [1.807, 2.05) is 18.3 Å². The zero-order valence-electron chi connectivity index (χ0n) is 14.1. The summed E-state index contributed by atoms with van der Waals surface area (Å²) in [6.45, 7) is 2.06. The lowest BCUT2D eigenvalue weighted by molar-refractivity contribution is 0.343. The number of piperidine rings is 1. The highest BCUT2D eigenvalue weighted by atomic mass is 16.3. The van der Waals surface area contributed by atoms with Crippen LogP contribution in [0.4, 0.5) is 5.82 Å². The molecule has 0 bridgehead atoms. The summed E-state index contributed by atoms with van der Waals surface area (Å²) in [4.78, 5) is 4.31. The fraction of sp³-hybridized carbons (Fsp3) is 0.278. The molecule has 0 unspecified atom stereocenters. The van der Waals surface area contributed by atoms with Crippen molar-refractivity contribution in [2.24, 2.45) is 0 Å². The first-order chi connectivity index (χ1) is 12.8. The van der Waals surface area contributed by atoms with Gasteiger partial charge in [0.1, 0.15) is 5.69 Å². The second-order valence-corrected chi connectivity index (χ2v) is 6.57. The zero-order chi connectivity index (χ0) is 17.5. The highest BCUT2D eigenvalue weighted by Crippen LogP contribution is 2.36. The highest BCUT2D eigenvalue weighted by molar-refractivity contribution is 5.99. The molecule has 8 heteroatoms. The Bertz CT molecular complexity index is 1040. The fourth-order valence-corrected chi connectivity index (χ4v) is 3.55. The average molecular weight is 349 g/mol. The second-order valence-electron chi connectivity index (χ2n) is 6.57. The third-order valence-corrected chi connectivity index (χ3v) is 4.95. The minimum absolute atomic E-state index is 0.375. The van der Waals surface area contributed by atoms with E-state index in [2.05, 4.69) is 36.5 Å². The molecule has 1 saturated heterocycles. The first-order valence-corrected chi connectivity index (χ1v) is 8.72. The second kappa shape index (κ2) is 5.99. The number of nitrogens with zero attached hydrogens (tertiary/aromatic N) is 4. The Hall–Kier alpha value is -3.13. The number of hydrogen-bond donors (Lipinski definition) is 3. The van der Waals surface area contributed by atoms with E-state index in [1.165, 1.54) is 0 Å². The predicted molar refractivity (Wildman–Crippen MR) is 98.4 cm³/mol. The molecule has 5 rings (SSSR count). The first kappa shape index (κ1) is 15.2. The lowest BCUT2D eigenvalue weighted by Crippen LogP contribution is -2.29. The Labute approximate surface area is 149 Å². The largest absolute Gasteiger partial charge is 0.451 e. The number of H-pyrrole nitrogens is 1. The topological polar surface area (TPSA) is 111 Å². The monoisotopic (exact) mass is 349 g/mol. The maximum absolute atomic E-state index is 6.03. The van der Waals surface area contributed by atoms with Gasteiger partial charge in [-0.2, -0.15) is 10.2 Å². The molecule has 0 amide bonds. The van der Waals surface area contributed by atoms with Gasteiger partial charge in [-0.15, -0.1) is 0 Å². The summed E-state index contributed by atoms with van der Waals surface area (Å²) in [5.74, 6) is 1.06. The molecule has 4 N–H and O–H groups in total. The lowest BCUT2D eigenvalue weighted by atomic mass is 10.1. The van der Waals surface area contributed by atoms with Gasteiger partial charge in [-0.1, -0.05) is 0 Å². The number of nitrogen functional groups attached to an aromatic ring is 1. The van der Waals surface area contributed by atoms with Crippen molar-refractivity contribution in [1.82, 2.24) is 30.3 Å². The molecule has 0 spiro atoms. The van der Waals surface area contributed by atoms with Crippen molar-refractivity contribution in [1.29, 1.82) is 0 Å². The van der Waals surface area contributed by atoms with Gasteiger partial charge in [0.2, 0.25) is 0 Å². The van der Waals surface area contributed by atoms with Crippen molar-refractivity contribution in [3.8, 4) is 22.6 Å². The summed E-state index contributed by atoms with van der Waals surface area (Å²) in [6.07, 6.45) is 9.63. The molecule has 0 radical (unpaired) electrons. The summed E-state index contributed by atoms with van der Waals surface area (Å²) >= 11 is 0. The number of furan rings is 1. The maximum Gasteiger partial charge on any atom is 0.177 e. The smallest absolute Gasteiger partial charge is 0.177 e. The normalized spacial score (nSPS) is 15.7. The van der Waals surface area contributed by atoms with E-state index in [0.29, 0.717) is 23.2 Å². The minimum Gasteiger partial charge on any atom is -0.451 e. The molecular formula is C18H19N7O. The van der Waals surface area contributed by atoms with Crippen LogP contribution in [0.15, 0.2) is 41.3 Å². The van der Waals surface area contributed by atoms with Crippen LogP contribution in [-0.2, 0) is 0 Å². The summed E-state index contributed by atoms with van der Waals surface area (Å²) in [6, 6.07) is 4.26. The molecular weight excluding hydrogens is 330 g/mol. The van der Waals surface area contributed by atoms with E-state index < -0.39 is 0 Å². The molecule has 1 aliphatic heterocycles. The van der Waals surface area contributed by atoms with Gasteiger partial charge in [0.05, 0.1) is 12.2 Å². The van der Waals surface area contributed by atoms with E-state index in [9.17, 15) is 0 Å². The van der Waals surface area contributed by atoms with Crippen molar-refractivity contribution in [2.45, 2.75) is 18.9 Å². The van der Waals surface area contributed by atoms with Gasteiger partial charge in [0, 0.05) is 35.1 Å². The molecule has 1 aliphatic rings. The van der Waals surface area contributed by atoms with Gasteiger partial charge in [-0.25, -0.2) is 4.98 Å². The predicted octanol–water partition coefficient (Wildman–Crippen LogP) is 2.59. The molecule has 0 atom stereocenters. The Morgan fingerprint density at radius 2 is 2.12 bits per heavy atom.